The minimum absolute atomic E-state index is 0.00417. The molecule has 0 saturated carbocycles. The summed E-state index contributed by atoms with van der Waals surface area (Å²) in [6.07, 6.45) is -3.58. The van der Waals surface area contributed by atoms with Crippen molar-refractivity contribution in [3.63, 3.8) is 0 Å². The van der Waals surface area contributed by atoms with Crippen LogP contribution in [0.15, 0.2) is 23.4 Å². The van der Waals surface area contributed by atoms with Crippen LogP contribution < -0.4 is 0 Å². The summed E-state index contributed by atoms with van der Waals surface area (Å²) in [5, 5.41) is 12.8. The Hall–Kier alpha value is -3.54. The molecule has 4 bridgehead atoms. The van der Waals surface area contributed by atoms with Crippen molar-refractivity contribution >= 4 is 34.5 Å². The molecule has 4 fully saturated rings. The Kier molecular flexibility index (Phi) is 13.3. The van der Waals surface area contributed by atoms with Crippen LogP contribution in [0.2, 0.25) is 0 Å². The fourth-order valence-corrected chi connectivity index (χ4v) is 9.63. The summed E-state index contributed by atoms with van der Waals surface area (Å²) in [5.74, 6) is -3.19. The van der Waals surface area contributed by atoms with Gasteiger partial charge in [0.25, 0.3) is 0 Å². The Morgan fingerprint density at radius 1 is 1.07 bits per heavy atom. The largest absolute Gasteiger partial charge is 0.459 e. The Balaban J connectivity index is 1.41. The van der Waals surface area contributed by atoms with Gasteiger partial charge in [0.1, 0.15) is 23.9 Å². The van der Waals surface area contributed by atoms with Crippen molar-refractivity contribution < 1.29 is 52.4 Å². The topological polar surface area (TPSA) is 171 Å². The zero-order valence-corrected chi connectivity index (χ0v) is 36.1. The lowest BCUT2D eigenvalue weighted by Gasteiger charge is -2.48. The number of ether oxygens (including phenoxy) is 7. The SMILES string of the molecule is CC[C@H]1OC(=O)[C@H](C)[C@H]2OC/C(=N\OCc3ccc4c(c3)nnn4C)CO[C@](C)(C[C@@H](C)C3OC1(C)C(=O)C3C)[C@H](O[C@@H]1O[C@H](C)C[C@H](N(C)C)[C@H]1OC(C)=O)[C@@H]2C. The van der Waals surface area contributed by atoms with Crippen molar-refractivity contribution in [2.75, 3.05) is 27.3 Å². The molecule has 5 heterocycles. The fourth-order valence-electron chi connectivity index (χ4n) is 9.63. The summed E-state index contributed by atoms with van der Waals surface area (Å²) in [6, 6.07) is 5.55. The van der Waals surface area contributed by atoms with E-state index in [-0.39, 0.29) is 43.7 Å². The van der Waals surface area contributed by atoms with Gasteiger partial charge in [0.15, 0.2) is 23.8 Å². The molecule has 2 aromatic rings. The first-order chi connectivity index (χ1) is 27.4. The molecule has 58 heavy (non-hydrogen) atoms. The summed E-state index contributed by atoms with van der Waals surface area (Å²) in [7, 11) is 5.70. The van der Waals surface area contributed by atoms with E-state index < -0.39 is 77.7 Å². The van der Waals surface area contributed by atoms with E-state index in [1.54, 1.807) is 18.5 Å². The van der Waals surface area contributed by atoms with Crippen LogP contribution in [0.25, 0.3) is 11.0 Å². The number of likely N-dealkylation sites (N-methyl/N-ethyl adjacent to an activating group) is 1. The molecule has 3 unspecified atom stereocenters. The molecular formula is C42H63N5O11. The standard InChI is InChI=1S/C42H63N5O11/c1-13-33-42(9)37(49)24(4)34(58-42)22(2)18-41(8)38(57-40-36(55-27(7)48)32(46(10)11)16-23(3)54-40)25(5)35(26(6)39(50)56-33)51-20-29(21-52-41)44-53-19-28-14-15-31-30(17-28)43-45-47(31)12/h14-15,17,22-26,32-36,38,40H,13,16,18-21H2,1-12H3/b44-29+/t22-,23-,24?,25-,26-,32+,33-,34?,35+,36-,38-,40+,41-,42?/m1/s1. The Bertz CT molecular complexity index is 1840. The number of rotatable bonds is 8. The molecule has 16 heteroatoms. The van der Waals surface area contributed by atoms with Crippen LogP contribution in [-0.4, -0.2) is 131 Å². The summed E-state index contributed by atoms with van der Waals surface area (Å²) >= 11 is 0. The molecule has 0 radical (unpaired) electrons. The van der Waals surface area contributed by atoms with Gasteiger partial charge in [0.2, 0.25) is 0 Å². The minimum atomic E-state index is -1.33. The molecule has 1 aromatic carbocycles. The third-order valence-corrected chi connectivity index (χ3v) is 12.7. The van der Waals surface area contributed by atoms with Crippen LogP contribution in [0, 0.1) is 23.7 Å². The number of nitrogens with zero attached hydrogens (tertiary/aromatic N) is 5. The quantitative estimate of drug-likeness (QED) is 0.272. The van der Waals surface area contributed by atoms with Gasteiger partial charge < -0.3 is 42.9 Å². The molecule has 6 rings (SSSR count). The first kappa shape index (κ1) is 44.0. The second kappa shape index (κ2) is 17.6. The van der Waals surface area contributed by atoms with Crippen molar-refractivity contribution in [2.24, 2.45) is 35.9 Å². The van der Waals surface area contributed by atoms with E-state index >= 15 is 0 Å². The Morgan fingerprint density at radius 3 is 2.50 bits per heavy atom. The molecule has 0 aliphatic carbocycles. The number of esters is 2. The molecule has 4 aliphatic heterocycles. The van der Waals surface area contributed by atoms with Crippen LogP contribution in [0.5, 0.6) is 0 Å². The number of carbonyl (C=O) groups excluding carboxylic acids is 3. The van der Waals surface area contributed by atoms with Gasteiger partial charge in [-0.25, -0.2) is 4.68 Å². The van der Waals surface area contributed by atoms with Gasteiger partial charge in [0, 0.05) is 25.8 Å². The van der Waals surface area contributed by atoms with Gasteiger partial charge >= 0.3 is 11.9 Å². The lowest BCUT2D eigenvalue weighted by atomic mass is 9.75. The highest BCUT2D eigenvalue weighted by Crippen LogP contribution is 2.45. The number of cyclic esters (lactones) is 1. The number of Topliss-reactive ketones (excluding diaryl/α,β-unsaturated/α-hetero) is 1. The molecule has 14 atom stereocenters. The van der Waals surface area contributed by atoms with Gasteiger partial charge in [-0.05, 0) is 84.7 Å². The summed E-state index contributed by atoms with van der Waals surface area (Å²) in [5.41, 5.74) is 0.481. The number of hydrogen-bond acceptors (Lipinski definition) is 15. The summed E-state index contributed by atoms with van der Waals surface area (Å²) in [4.78, 5) is 48.8. The maximum Gasteiger partial charge on any atom is 0.311 e. The first-order valence-electron chi connectivity index (χ1n) is 20.7. The maximum absolute atomic E-state index is 14.3. The summed E-state index contributed by atoms with van der Waals surface area (Å²) < 4.78 is 47.9. The average molecular weight is 814 g/mol. The van der Waals surface area contributed by atoms with Crippen LogP contribution in [0.4, 0.5) is 0 Å². The molecule has 4 aliphatic rings. The lowest BCUT2D eigenvalue weighted by Crippen LogP contribution is -2.60. The number of aryl methyl sites for hydroxylation is 1. The van der Waals surface area contributed by atoms with Crippen molar-refractivity contribution in [2.45, 2.75) is 148 Å². The van der Waals surface area contributed by atoms with Crippen LogP contribution in [0.1, 0.15) is 87.1 Å². The number of benzene rings is 1. The number of aromatic nitrogens is 3. The predicted molar refractivity (Wildman–Crippen MR) is 211 cm³/mol. The van der Waals surface area contributed by atoms with E-state index in [0.717, 1.165) is 16.6 Å². The first-order valence-corrected chi connectivity index (χ1v) is 20.7. The van der Waals surface area contributed by atoms with Gasteiger partial charge in [-0.15, -0.1) is 5.10 Å². The number of oxime groups is 1. The van der Waals surface area contributed by atoms with Crippen LogP contribution >= 0.6 is 0 Å². The molecule has 0 amide bonds. The predicted octanol–water partition coefficient (Wildman–Crippen LogP) is 4.39. The Labute approximate surface area is 341 Å². The van der Waals surface area contributed by atoms with Crippen molar-refractivity contribution in [3.8, 4) is 0 Å². The lowest BCUT2D eigenvalue weighted by molar-refractivity contribution is -0.305. The normalized spacial score (nSPS) is 39.6. The number of hydrogen-bond donors (Lipinski definition) is 0. The second-order valence-electron chi connectivity index (χ2n) is 17.6. The van der Waals surface area contributed by atoms with E-state index in [1.807, 2.05) is 85.8 Å². The molecule has 4 saturated heterocycles. The Morgan fingerprint density at radius 2 is 1.81 bits per heavy atom. The van der Waals surface area contributed by atoms with Crippen molar-refractivity contribution in [3.05, 3.63) is 23.8 Å². The molecule has 16 nitrogen and oxygen atoms in total. The van der Waals surface area contributed by atoms with Gasteiger partial charge in [-0.1, -0.05) is 44.1 Å². The molecule has 322 valence electrons. The van der Waals surface area contributed by atoms with E-state index in [2.05, 4.69) is 15.5 Å². The molecule has 0 spiro atoms. The van der Waals surface area contributed by atoms with Crippen LogP contribution in [-0.2, 0) is 66.0 Å². The zero-order valence-electron chi connectivity index (χ0n) is 36.1. The zero-order chi connectivity index (χ0) is 42.3. The third-order valence-electron chi connectivity index (χ3n) is 12.7. The smallest absolute Gasteiger partial charge is 0.311 e. The van der Waals surface area contributed by atoms with Crippen molar-refractivity contribution in [1.82, 2.24) is 19.9 Å². The average Bonchev–Trinajstić information content (AvgIpc) is 3.66. The van der Waals surface area contributed by atoms with Gasteiger partial charge in [-0.3, -0.25) is 14.4 Å². The second-order valence-corrected chi connectivity index (χ2v) is 17.6. The highest BCUT2D eigenvalue weighted by atomic mass is 16.7. The van der Waals surface area contributed by atoms with E-state index in [0.29, 0.717) is 25.0 Å². The van der Waals surface area contributed by atoms with Gasteiger partial charge in [-0.2, -0.15) is 0 Å². The van der Waals surface area contributed by atoms with E-state index in [1.165, 1.54) is 6.92 Å². The van der Waals surface area contributed by atoms with E-state index in [9.17, 15) is 14.4 Å². The number of carbonyl (C=O) groups is 3. The fraction of sp³-hybridized carbons (Fsp3) is 0.762. The molecule has 0 N–H and O–H groups in total. The number of fused-ring (bicyclic) bond motifs is 6. The highest BCUT2D eigenvalue weighted by Gasteiger charge is 2.59. The monoisotopic (exact) mass is 813 g/mol. The minimum Gasteiger partial charge on any atom is -0.459 e. The third kappa shape index (κ3) is 8.83. The maximum atomic E-state index is 14.3. The van der Waals surface area contributed by atoms with Gasteiger partial charge in [0.05, 0.1) is 60.7 Å². The highest BCUT2D eigenvalue weighted by molar-refractivity contribution is 5.92. The molecule has 1 aromatic heterocycles. The van der Waals surface area contributed by atoms with Crippen LogP contribution in [0.3, 0.4) is 0 Å². The van der Waals surface area contributed by atoms with E-state index in [4.69, 9.17) is 38.0 Å². The number of ketones is 1. The van der Waals surface area contributed by atoms with Crippen molar-refractivity contribution in [1.29, 1.82) is 0 Å². The molecular weight excluding hydrogens is 750 g/mol. The summed E-state index contributed by atoms with van der Waals surface area (Å²) in [6.45, 7) is 16.7.